The van der Waals surface area contributed by atoms with Gasteiger partial charge in [-0.2, -0.15) is 0 Å². The van der Waals surface area contributed by atoms with Crippen molar-refractivity contribution >= 4 is 11.4 Å². The Hall–Kier alpha value is -3.52. The number of nitrogens with two attached hydrogens (primary N) is 2. The van der Waals surface area contributed by atoms with E-state index in [0.29, 0.717) is 0 Å². The van der Waals surface area contributed by atoms with Crippen LogP contribution in [0.3, 0.4) is 0 Å². The summed E-state index contributed by atoms with van der Waals surface area (Å²) >= 11 is 0. The Kier molecular flexibility index (Phi) is 4.23. The number of nitrogen functional groups attached to an aromatic ring is 2. The molecular formula is C29H28N2. The molecule has 0 fully saturated rings. The van der Waals surface area contributed by atoms with Gasteiger partial charge in [0.05, 0.1) is 5.41 Å². The number of aryl methyl sites for hydroxylation is 4. The fraction of sp³-hybridized carbons (Fsp3) is 0.172. The van der Waals surface area contributed by atoms with E-state index in [0.717, 1.165) is 11.4 Å². The van der Waals surface area contributed by atoms with E-state index in [1.54, 1.807) is 0 Å². The lowest BCUT2D eigenvalue weighted by Crippen LogP contribution is -2.32. The Morgan fingerprint density at radius 1 is 0.516 bits per heavy atom. The van der Waals surface area contributed by atoms with E-state index in [9.17, 15) is 0 Å². The lowest BCUT2D eigenvalue weighted by Gasteiger charge is -2.38. The molecule has 4 N–H and O–H groups in total. The van der Waals surface area contributed by atoms with Crippen LogP contribution in [0.15, 0.2) is 72.8 Å². The highest BCUT2D eigenvalue weighted by atomic mass is 14.6. The van der Waals surface area contributed by atoms with Gasteiger partial charge in [0.1, 0.15) is 0 Å². The summed E-state index contributed by atoms with van der Waals surface area (Å²) in [6, 6.07) is 26.1. The van der Waals surface area contributed by atoms with Crippen LogP contribution in [0, 0.1) is 27.7 Å². The van der Waals surface area contributed by atoms with Crippen molar-refractivity contribution in [3.8, 4) is 11.1 Å². The molecule has 0 heterocycles. The number of benzene rings is 4. The molecule has 5 rings (SSSR count). The van der Waals surface area contributed by atoms with Gasteiger partial charge >= 0.3 is 0 Å². The molecule has 0 aliphatic heterocycles. The van der Waals surface area contributed by atoms with Gasteiger partial charge in [-0.1, -0.05) is 48.5 Å². The van der Waals surface area contributed by atoms with Gasteiger partial charge in [-0.05, 0) is 108 Å². The third-order valence-corrected chi connectivity index (χ3v) is 6.81. The Bertz CT molecular complexity index is 1200. The monoisotopic (exact) mass is 404 g/mol. The first-order chi connectivity index (χ1) is 14.9. The van der Waals surface area contributed by atoms with Crippen LogP contribution in [0.2, 0.25) is 0 Å². The molecule has 0 amide bonds. The largest absolute Gasteiger partial charge is 0.399 e. The van der Waals surface area contributed by atoms with Crippen LogP contribution in [0.5, 0.6) is 0 Å². The Morgan fingerprint density at radius 3 is 1.19 bits per heavy atom. The van der Waals surface area contributed by atoms with Crippen molar-refractivity contribution in [3.63, 3.8) is 0 Å². The summed E-state index contributed by atoms with van der Waals surface area (Å²) in [5, 5.41) is 0. The lowest BCUT2D eigenvalue weighted by atomic mass is 9.63. The van der Waals surface area contributed by atoms with Gasteiger partial charge in [-0.25, -0.2) is 0 Å². The zero-order chi connectivity index (χ0) is 21.9. The normalized spacial score (nSPS) is 13.7. The van der Waals surface area contributed by atoms with E-state index in [1.807, 2.05) is 0 Å². The average Bonchev–Trinajstić information content (AvgIpc) is 2.98. The number of rotatable bonds is 2. The quantitative estimate of drug-likeness (QED) is 0.332. The van der Waals surface area contributed by atoms with E-state index in [4.69, 9.17) is 11.5 Å². The summed E-state index contributed by atoms with van der Waals surface area (Å²) in [4.78, 5) is 0. The van der Waals surface area contributed by atoms with Crippen LogP contribution < -0.4 is 11.5 Å². The second-order valence-electron chi connectivity index (χ2n) is 8.90. The highest BCUT2D eigenvalue weighted by Gasteiger charge is 2.48. The molecule has 1 aliphatic carbocycles. The molecule has 0 aromatic heterocycles. The molecule has 4 aromatic rings. The highest BCUT2D eigenvalue weighted by molar-refractivity contribution is 5.88. The molecule has 0 radical (unpaired) electrons. The van der Waals surface area contributed by atoms with Crippen molar-refractivity contribution in [2.45, 2.75) is 33.1 Å². The maximum absolute atomic E-state index is 6.26. The minimum absolute atomic E-state index is 0.420. The second-order valence-corrected chi connectivity index (χ2v) is 8.90. The van der Waals surface area contributed by atoms with Crippen molar-refractivity contribution in [1.82, 2.24) is 0 Å². The van der Waals surface area contributed by atoms with Crippen molar-refractivity contribution in [2.24, 2.45) is 0 Å². The van der Waals surface area contributed by atoms with E-state index in [1.165, 1.54) is 55.6 Å². The minimum Gasteiger partial charge on any atom is -0.399 e. The van der Waals surface area contributed by atoms with Gasteiger partial charge in [-0.3, -0.25) is 0 Å². The van der Waals surface area contributed by atoms with Crippen molar-refractivity contribution in [3.05, 3.63) is 117 Å². The first-order valence-corrected chi connectivity index (χ1v) is 10.8. The SMILES string of the molecule is Cc1cc(N)cc(C)c1C1(c2c(C)cc(N)cc2C)c2ccccc2-c2ccccc21. The summed E-state index contributed by atoms with van der Waals surface area (Å²) < 4.78 is 0. The Labute approximate surface area is 184 Å². The highest BCUT2D eigenvalue weighted by Crippen LogP contribution is 2.58. The molecule has 0 spiro atoms. The fourth-order valence-corrected chi connectivity index (χ4v) is 6.08. The van der Waals surface area contributed by atoms with Gasteiger partial charge in [0, 0.05) is 11.4 Å². The molecule has 0 bridgehead atoms. The first kappa shape index (κ1) is 19.4. The topological polar surface area (TPSA) is 52.0 Å². The van der Waals surface area contributed by atoms with Crippen molar-refractivity contribution < 1.29 is 0 Å². The summed E-state index contributed by atoms with van der Waals surface area (Å²) in [7, 11) is 0. The summed E-state index contributed by atoms with van der Waals surface area (Å²) in [5.74, 6) is 0. The third-order valence-electron chi connectivity index (χ3n) is 6.81. The average molecular weight is 405 g/mol. The van der Waals surface area contributed by atoms with Gasteiger partial charge in [0.15, 0.2) is 0 Å². The molecule has 0 saturated heterocycles. The maximum Gasteiger partial charge on any atom is 0.0723 e. The molecule has 2 nitrogen and oxygen atoms in total. The van der Waals surface area contributed by atoms with Crippen LogP contribution in [0.1, 0.15) is 44.5 Å². The van der Waals surface area contributed by atoms with E-state index >= 15 is 0 Å². The number of hydrogen-bond acceptors (Lipinski definition) is 2. The molecule has 0 atom stereocenters. The van der Waals surface area contributed by atoms with Crippen LogP contribution in [0.4, 0.5) is 11.4 Å². The summed E-state index contributed by atoms with van der Waals surface area (Å²) in [5.41, 5.74) is 26.4. The van der Waals surface area contributed by atoms with Gasteiger partial charge in [-0.15, -0.1) is 0 Å². The van der Waals surface area contributed by atoms with Crippen LogP contribution in [-0.2, 0) is 5.41 Å². The zero-order valence-corrected chi connectivity index (χ0v) is 18.6. The molecule has 31 heavy (non-hydrogen) atoms. The summed E-state index contributed by atoms with van der Waals surface area (Å²) in [6.07, 6.45) is 0. The van der Waals surface area contributed by atoms with E-state index < -0.39 is 5.41 Å². The molecule has 2 heteroatoms. The lowest BCUT2D eigenvalue weighted by molar-refractivity contribution is 0.740. The van der Waals surface area contributed by atoms with Crippen molar-refractivity contribution in [1.29, 1.82) is 0 Å². The number of fused-ring (bicyclic) bond motifs is 3. The molecular weight excluding hydrogens is 376 g/mol. The minimum atomic E-state index is -0.420. The smallest absolute Gasteiger partial charge is 0.0723 e. The zero-order valence-electron chi connectivity index (χ0n) is 18.6. The number of hydrogen-bond donors (Lipinski definition) is 2. The predicted molar refractivity (Wildman–Crippen MR) is 132 cm³/mol. The fourth-order valence-electron chi connectivity index (χ4n) is 6.08. The van der Waals surface area contributed by atoms with Crippen LogP contribution in [-0.4, -0.2) is 0 Å². The molecule has 154 valence electrons. The van der Waals surface area contributed by atoms with Crippen molar-refractivity contribution in [2.75, 3.05) is 11.5 Å². The molecule has 4 aromatic carbocycles. The molecule has 0 saturated carbocycles. The number of anilines is 2. The standard InChI is InChI=1S/C29H28N2/c1-17-13-21(30)14-18(2)27(17)29(28-19(3)15-22(31)16-20(28)4)25-11-7-5-9-23(25)24-10-6-8-12-26(24)29/h5-16H,30-31H2,1-4H3. The Morgan fingerprint density at radius 2 is 0.839 bits per heavy atom. The maximum atomic E-state index is 6.26. The van der Waals surface area contributed by atoms with Crippen LogP contribution >= 0.6 is 0 Å². The summed E-state index contributed by atoms with van der Waals surface area (Å²) in [6.45, 7) is 8.75. The van der Waals surface area contributed by atoms with Gasteiger partial charge in [0.25, 0.3) is 0 Å². The van der Waals surface area contributed by atoms with E-state index in [-0.39, 0.29) is 0 Å². The van der Waals surface area contributed by atoms with E-state index in [2.05, 4.69) is 100 Å². The van der Waals surface area contributed by atoms with Crippen LogP contribution in [0.25, 0.3) is 11.1 Å². The predicted octanol–water partition coefficient (Wildman–Crippen LogP) is 6.45. The van der Waals surface area contributed by atoms with Gasteiger partial charge in [0.2, 0.25) is 0 Å². The third kappa shape index (κ3) is 2.58. The Balaban J connectivity index is 2.07. The van der Waals surface area contributed by atoms with Gasteiger partial charge < -0.3 is 11.5 Å². The molecule has 0 unspecified atom stereocenters. The second kappa shape index (κ2) is 6.75. The molecule has 1 aliphatic rings. The first-order valence-electron chi connectivity index (χ1n) is 10.8.